The van der Waals surface area contributed by atoms with Crippen LogP contribution in [-0.2, 0) is 0 Å². The van der Waals surface area contributed by atoms with Gasteiger partial charge in [0.1, 0.15) is 11.2 Å². The summed E-state index contributed by atoms with van der Waals surface area (Å²) in [5.41, 5.74) is 3.40. The Hall–Kier alpha value is -6.44. The van der Waals surface area contributed by atoms with E-state index in [1.165, 1.54) is 0 Å². The van der Waals surface area contributed by atoms with E-state index in [0.717, 1.165) is 21.9 Å². The largest absolute Gasteiger partial charge is 0.456 e. The molecule has 0 bridgehead atoms. The lowest BCUT2D eigenvalue weighted by Gasteiger charge is -2.18. The third kappa shape index (κ3) is 4.47. The number of hydrogen-bond acceptors (Lipinski definition) is 1. The molecular weight excluding hydrogens is 593 g/mol. The Labute approximate surface area is 302 Å². The molecule has 0 atom stereocenters. The van der Waals surface area contributed by atoms with Crippen molar-refractivity contribution in [2.45, 2.75) is 0 Å². The van der Waals surface area contributed by atoms with Crippen molar-refractivity contribution in [2.75, 3.05) is 0 Å². The Morgan fingerprint density at radius 2 is 0.898 bits per heavy atom. The quantitative estimate of drug-likeness (QED) is 0.175. The van der Waals surface area contributed by atoms with E-state index in [1.807, 2.05) is 66.7 Å². The van der Waals surface area contributed by atoms with Gasteiger partial charge >= 0.3 is 0 Å². The van der Waals surface area contributed by atoms with Crippen LogP contribution in [0.15, 0.2) is 186 Å². The fourth-order valence-corrected chi connectivity index (χ4v) is 6.82. The maximum Gasteiger partial charge on any atom is 0.136 e. The molecule has 9 aromatic carbocycles. The minimum absolute atomic E-state index is 0.00152. The van der Waals surface area contributed by atoms with Crippen molar-refractivity contribution < 1.29 is 22.2 Å². The van der Waals surface area contributed by atoms with Gasteiger partial charge in [-0.3, -0.25) is 0 Å². The van der Waals surface area contributed by atoms with E-state index in [1.54, 1.807) is 36.4 Å². The molecule has 0 unspecified atom stereocenters. The van der Waals surface area contributed by atoms with Crippen LogP contribution in [0.3, 0.4) is 0 Å². The Kier molecular flexibility index (Phi) is 3.99. The van der Waals surface area contributed by atoms with E-state index in [0.29, 0.717) is 27.5 Å². The Balaban J connectivity index is 1.25. The molecule has 1 heterocycles. The van der Waals surface area contributed by atoms with Crippen LogP contribution < -0.4 is 0 Å². The summed E-state index contributed by atoms with van der Waals surface area (Å²) < 4.78 is 122. The Morgan fingerprint density at radius 3 is 1.53 bits per heavy atom. The van der Waals surface area contributed by atoms with Gasteiger partial charge in [-0.05, 0) is 95.0 Å². The maximum atomic E-state index is 9.46. The van der Waals surface area contributed by atoms with Gasteiger partial charge in [-0.1, -0.05) is 164 Å². The first-order valence-electron chi connectivity index (χ1n) is 22.3. The second kappa shape index (κ2) is 11.1. The van der Waals surface area contributed by atoms with Crippen LogP contribution >= 0.6 is 0 Å². The normalized spacial score (nSPS) is 15.4. The number of benzene rings is 9. The molecule has 0 N–H and O–H groups in total. The summed E-state index contributed by atoms with van der Waals surface area (Å²) in [4.78, 5) is 0. The van der Waals surface area contributed by atoms with E-state index in [4.69, 9.17) is 19.5 Å². The van der Waals surface area contributed by atoms with Gasteiger partial charge in [-0.15, -0.1) is 0 Å². The zero-order valence-electron chi connectivity index (χ0n) is 38.7. The first-order chi connectivity index (χ1) is 29.7. The summed E-state index contributed by atoms with van der Waals surface area (Å²) in [5, 5.41) is 2.53. The summed E-state index contributed by atoms with van der Waals surface area (Å²) in [6.07, 6.45) is 0. The highest BCUT2D eigenvalue weighted by Crippen LogP contribution is 2.47. The van der Waals surface area contributed by atoms with Gasteiger partial charge in [0.15, 0.2) is 0 Å². The standard InChI is InChI=1S/C48H30O/c1-2-11-31(12-3-1)32-21-23-33(24-22-32)34-25-27-35(28-26-34)46-38-15-6-8-17-40(38)47(41-18-9-7-16-39(41)46)42-19-10-20-44-48(42)43-29-36-13-4-5-14-37(36)30-45(43)49-44/h1-30H/i4D,5D,10D,13D,14D,19D,20D,21D,22D,23D,24D,29D,30D. The topological polar surface area (TPSA) is 13.1 Å². The van der Waals surface area contributed by atoms with Crippen molar-refractivity contribution in [3.8, 4) is 44.5 Å². The average molecular weight is 636 g/mol. The Bertz CT molecular complexity index is 3510. The first-order valence-corrected chi connectivity index (χ1v) is 15.8. The van der Waals surface area contributed by atoms with Crippen molar-refractivity contribution in [1.29, 1.82) is 0 Å². The van der Waals surface area contributed by atoms with Crippen molar-refractivity contribution >= 4 is 54.3 Å². The molecule has 10 rings (SSSR count). The molecule has 0 fully saturated rings. The molecule has 0 radical (unpaired) electrons. The number of rotatable bonds is 4. The smallest absolute Gasteiger partial charge is 0.136 e. The monoisotopic (exact) mass is 635 g/mol. The summed E-state index contributed by atoms with van der Waals surface area (Å²) in [5.74, 6) is 0. The fraction of sp³-hybridized carbons (Fsp3) is 0. The molecule has 10 aromatic rings. The van der Waals surface area contributed by atoms with Gasteiger partial charge in [0.05, 0.1) is 17.8 Å². The molecule has 0 aliphatic carbocycles. The van der Waals surface area contributed by atoms with Crippen LogP contribution in [0.1, 0.15) is 17.8 Å². The minimum Gasteiger partial charge on any atom is -0.456 e. The maximum absolute atomic E-state index is 9.46. The first kappa shape index (κ1) is 17.6. The second-order valence-corrected chi connectivity index (χ2v) is 11.8. The molecule has 0 saturated heterocycles. The van der Waals surface area contributed by atoms with E-state index in [2.05, 4.69) is 0 Å². The third-order valence-electron chi connectivity index (χ3n) is 9.03. The number of fused-ring (bicyclic) bond motifs is 6. The highest BCUT2D eigenvalue weighted by Gasteiger charge is 2.20. The van der Waals surface area contributed by atoms with Gasteiger partial charge in [0, 0.05) is 10.8 Å². The molecule has 228 valence electrons. The Morgan fingerprint density at radius 1 is 0.367 bits per heavy atom. The van der Waals surface area contributed by atoms with E-state index < -0.39 is 42.3 Å². The molecular formula is C48H30O. The highest BCUT2D eigenvalue weighted by molar-refractivity contribution is 6.26. The lowest BCUT2D eigenvalue weighted by Crippen LogP contribution is -1.91. The van der Waals surface area contributed by atoms with Crippen LogP contribution in [-0.4, -0.2) is 0 Å². The van der Waals surface area contributed by atoms with Crippen LogP contribution in [0, 0.1) is 0 Å². The molecule has 1 aromatic heterocycles. The molecule has 0 aliphatic heterocycles. The second-order valence-electron chi connectivity index (χ2n) is 11.8. The van der Waals surface area contributed by atoms with Gasteiger partial charge in [0.25, 0.3) is 0 Å². The number of hydrogen-bond donors (Lipinski definition) is 0. The van der Waals surface area contributed by atoms with Crippen molar-refractivity contribution in [2.24, 2.45) is 0 Å². The molecule has 1 heteroatoms. The zero-order chi connectivity index (χ0) is 43.6. The molecule has 0 amide bonds. The third-order valence-corrected chi connectivity index (χ3v) is 9.03. The average Bonchev–Trinajstić information content (AvgIpc) is 3.69. The summed E-state index contributed by atoms with van der Waals surface area (Å²) in [6, 6.07) is 26.6. The van der Waals surface area contributed by atoms with E-state index in [9.17, 15) is 2.74 Å². The van der Waals surface area contributed by atoms with Crippen LogP contribution in [0.5, 0.6) is 0 Å². The van der Waals surface area contributed by atoms with Crippen molar-refractivity contribution in [3.05, 3.63) is 182 Å². The molecule has 1 nitrogen and oxygen atoms in total. The van der Waals surface area contributed by atoms with Crippen LogP contribution in [0.2, 0.25) is 0 Å². The molecule has 0 saturated carbocycles. The summed E-state index contributed by atoms with van der Waals surface area (Å²) in [7, 11) is 0. The van der Waals surface area contributed by atoms with Gasteiger partial charge < -0.3 is 4.42 Å². The SMILES string of the molecule is [2H]c1c([2H])c(-c2ccc(-c3c4ccccc4c(-c4c([2H])c([2H])c([2H])c5oc6c([2H])c7c([2H])c([2H])c([2H])c([2H])c7c([2H])c6c45)c4ccccc34)cc2)c([2H])c([2H])c1-c1ccccc1. The number of furan rings is 1. The lowest BCUT2D eigenvalue weighted by molar-refractivity contribution is 0.669. The predicted octanol–water partition coefficient (Wildman–Crippen LogP) is 13.7. The molecule has 0 aliphatic rings. The van der Waals surface area contributed by atoms with Gasteiger partial charge in [-0.25, -0.2) is 0 Å². The summed E-state index contributed by atoms with van der Waals surface area (Å²) >= 11 is 0. The lowest BCUT2D eigenvalue weighted by atomic mass is 9.84. The van der Waals surface area contributed by atoms with Crippen molar-refractivity contribution in [1.82, 2.24) is 0 Å². The van der Waals surface area contributed by atoms with Crippen LogP contribution in [0.4, 0.5) is 0 Å². The van der Waals surface area contributed by atoms with E-state index in [-0.39, 0.29) is 85.7 Å². The summed E-state index contributed by atoms with van der Waals surface area (Å²) in [6.45, 7) is 0. The van der Waals surface area contributed by atoms with Gasteiger partial charge in [0.2, 0.25) is 0 Å². The molecule has 49 heavy (non-hydrogen) atoms. The fourth-order valence-electron chi connectivity index (χ4n) is 6.82. The molecule has 0 spiro atoms. The van der Waals surface area contributed by atoms with Gasteiger partial charge in [-0.2, -0.15) is 0 Å². The zero-order valence-corrected chi connectivity index (χ0v) is 25.7. The van der Waals surface area contributed by atoms with Crippen LogP contribution in [0.25, 0.3) is 98.8 Å². The van der Waals surface area contributed by atoms with Crippen molar-refractivity contribution in [3.63, 3.8) is 0 Å². The minimum atomic E-state index is -0.567. The predicted molar refractivity (Wildman–Crippen MR) is 208 cm³/mol. The highest BCUT2D eigenvalue weighted by atomic mass is 16.3. The van der Waals surface area contributed by atoms with E-state index >= 15 is 0 Å².